The van der Waals surface area contributed by atoms with Crippen molar-refractivity contribution < 1.29 is 5.11 Å². The molecule has 5 heteroatoms. The molecule has 0 spiro atoms. The average molecular weight is 282 g/mol. The zero-order valence-corrected chi connectivity index (χ0v) is 10.7. The summed E-state index contributed by atoms with van der Waals surface area (Å²) in [5.74, 6) is 1.33. The molecular weight excluding hydrogens is 270 g/mol. The summed E-state index contributed by atoms with van der Waals surface area (Å²) in [6, 6.07) is 6.01. The Morgan fingerprint density at radius 1 is 1.38 bits per heavy atom. The van der Waals surface area contributed by atoms with Crippen molar-refractivity contribution in [2.75, 3.05) is 0 Å². The zero-order chi connectivity index (χ0) is 11.7. The lowest BCUT2D eigenvalue weighted by Crippen LogP contribution is -2.00. The Kier molecular flexibility index (Phi) is 3.07. The number of hydrogen-bond donors (Lipinski definition) is 1. The van der Waals surface area contributed by atoms with Gasteiger partial charge in [0.15, 0.2) is 11.6 Å². The molecule has 4 nitrogen and oxygen atoms in total. The quantitative estimate of drug-likeness (QED) is 0.917. The minimum atomic E-state index is -0.101. The third-order valence-electron chi connectivity index (χ3n) is 2.55. The Morgan fingerprint density at radius 3 is 2.75 bits per heavy atom. The minimum Gasteiger partial charge on any atom is -0.388 e. The molecule has 0 amide bonds. The monoisotopic (exact) mass is 281 g/mol. The lowest BCUT2D eigenvalue weighted by molar-refractivity contribution is 0.267. The minimum absolute atomic E-state index is 0.101. The molecule has 2 rings (SSSR count). The van der Waals surface area contributed by atoms with Crippen molar-refractivity contribution >= 4 is 15.9 Å². The lowest BCUT2D eigenvalue weighted by Gasteiger charge is -2.06. The first-order valence-electron chi connectivity index (χ1n) is 4.89. The Balaban J connectivity index is 2.58. The number of benzene rings is 1. The van der Waals surface area contributed by atoms with Crippen LogP contribution in [0.25, 0.3) is 11.4 Å². The fraction of sp³-hybridized carbons (Fsp3) is 0.273. The molecule has 1 heterocycles. The molecule has 0 aliphatic rings. The second-order valence-electron chi connectivity index (χ2n) is 3.62. The SMILES string of the molecule is Cc1ccc(Br)cc1-c1nnc(CO)n1C. The summed E-state index contributed by atoms with van der Waals surface area (Å²) < 4.78 is 2.80. The first-order valence-corrected chi connectivity index (χ1v) is 5.68. The number of aliphatic hydroxyl groups is 1. The summed E-state index contributed by atoms with van der Waals surface area (Å²) >= 11 is 3.44. The highest BCUT2D eigenvalue weighted by atomic mass is 79.9. The van der Waals surface area contributed by atoms with Crippen LogP contribution in [0.4, 0.5) is 0 Å². The smallest absolute Gasteiger partial charge is 0.164 e. The molecule has 1 aromatic carbocycles. The van der Waals surface area contributed by atoms with Crippen molar-refractivity contribution in [3.63, 3.8) is 0 Å². The molecule has 2 aromatic rings. The summed E-state index contributed by atoms with van der Waals surface area (Å²) in [7, 11) is 1.85. The van der Waals surface area contributed by atoms with E-state index in [1.165, 1.54) is 0 Å². The van der Waals surface area contributed by atoms with E-state index in [1.54, 1.807) is 4.57 Å². The Bertz CT molecular complexity index is 522. The fourth-order valence-electron chi connectivity index (χ4n) is 1.57. The van der Waals surface area contributed by atoms with Gasteiger partial charge in [-0.2, -0.15) is 0 Å². The van der Waals surface area contributed by atoms with Crippen molar-refractivity contribution in [1.82, 2.24) is 14.8 Å². The Hall–Kier alpha value is -1.20. The molecule has 0 aliphatic carbocycles. The van der Waals surface area contributed by atoms with Gasteiger partial charge in [-0.1, -0.05) is 22.0 Å². The summed E-state index contributed by atoms with van der Waals surface area (Å²) in [5.41, 5.74) is 2.15. The summed E-state index contributed by atoms with van der Waals surface area (Å²) in [6.07, 6.45) is 0. The molecule has 0 saturated carbocycles. The van der Waals surface area contributed by atoms with Crippen molar-refractivity contribution in [2.45, 2.75) is 13.5 Å². The van der Waals surface area contributed by atoms with Crippen LogP contribution in [0.2, 0.25) is 0 Å². The van der Waals surface area contributed by atoms with Crippen LogP contribution in [0.15, 0.2) is 22.7 Å². The van der Waals surface area contributed by atoms with Gasteiger partial charge in [-0.05, 0) is 24.6 Å². The van der Waals surface area contributed by atoms with Crippen molar-refractivity contribution in [3.05, 3.63) is 34.1 Å². The van der Waals surface area contributed by atoms with Crippen molar-refractivity contribution in [2.24, 2.45) is 7.05 Å². The van der Waals surface area contributed by atoms with E-state index in [0.717, 1.165) is 21.4 Å². The van der Waals surface area contributed by atoms with Gasteiger partial charge < -0.3 is 9.67 Å². The summed E-state index contributed by atoms with van der Waals surface area (Å²) in [6.45, 7) is 1.92. The number of halogens is 1. The van der Waals surface area contributed by atoms with Gasteiger partial charge in [0, 0.05) is 17.1 Å². The van der Waals surface area contributed by atoms with E-state index < -0.39 is 0 Å². The summed E-state index contributed by atoms with van der Waals surface area (Å²) in [4.78, 5) is 0. The number of hydrogen-bond acceptors (Lipinski definition) is 3. The van der Waals surface area contributed by atoms with E-state index in [-0.39, 0.29) is 6.61 Å². The largest absolute Gasteiger partial charge is 0.388 e. The number of aliphatic hydroxyl groups excluding tert-OH is 1. The number of aromatic nitrogens is 3. The highest BCUT2D eigenvalue weighted by Crippen LogP contribution is 2.25. The fourth-order valence-corrected chi connectivity index (χ4v) is 1.93. The normalized spacial score (nSPS) is 10.8. The van der Waals surface area contributed by atoms with E-state index in [2.05, 4.69) is 26.1 Å². The zero-order valence-electron chi connectivity index (χ0n) is 9.11. The van der Waals surface area contributed by atoms with Crippen LogP contribution in [0.1, 0.15) is 11.4 Å². The second kappa shape index (κ2) is 4.35. The van der Waals surface area contributed by atoms with Gasteiger partial charge in [0.25, 0.3) is 0 Å². The topological polar surface area (TPSA) is 50.9 Å². The van der Waals surface area contributed by atoms with Gasteiger partial charge in [-0.15, -0.1) is 10.2 Å². The molecule has 0 radical (unpaired) electrons. The molecule has 1 aromatic heterocycles. The molecular formula is C11H12BrN3O. The van der Waals surface area contributed by atoms with Crippen LogP contribution in [-0.2, 0) is 13.7 Å². The van der Waals surface area contributed by atoms with Gasteiger partial charge in [-0.3, -0.25) is 0 Å². The number of aryl methyl sites for hydroxylation is 1. The molecule has 0 atom stereocenters. The van der Waals surface area contributed by atoms with Gasteiger partial charge in [0.1, 0.15) is 6.61 Å². The molecule has 0 aliphatic heterocycles. The molecule has 84 valence electrons. The van der Waals surface area contributed by atoms with Crippen molar-refractivity contribution in [3.8, 4) is 11.4 Å². The number of nitrogens with zero attached hydrogens (tertiary/aromatic N) is 3. The van der Waals surface area contributed by atoms with Crippen LogP contribution in [0.3, 0.4) is 0 Å². The highest BCUT2D eigenvalue weighted by molar-refractivity contribution is 9.10. The van der Waals surface area contributed by atoms with Crippen LogP contribution >= 0.6 is 15.9 Å². The van der Waals surface area contributed by atoms with E-state index in [0.29, 0.717) is 5.82 Å². The maximum absolute atomic E-state index is 9.07. The van der Waals surface area contributed by atoms with E-state index in [1.807, 2.05) is 32.2 Å². The average Bonchev–Trinajstić information content (AvgIpc) is 2.63. The van der Waals surface area contributed by atoms with E-state index in [4.69, 9.17) is 5.11 Å². The third-order valence-corrected chi connectivity index (χ3v) is 3.04. The molecule has 0 fully saturated rings. The van der Waals surface area contributed by atoms with Crippen LogP contribution in [0, 0.1) is 6.92 Å². The molecule has 1 N–H and O–H groups in total. The van der Waals surface area contributed by atoms with Gasteiger partial charge >= 0.3 is 0 Å². The van der Waals surface area contributed by atoms with Crippen LogP contribution < -0.4 is 0 Å². The maximum atomic E-state index is 9.07. The van der Waals surface area contributed by atoms with Crippen LogP contribution in [0.5, 0.6) is 0 Å². The van der Waals surface area contributed by atoms with Gasteiger partial charge in [0.2, 0.25) is 0 Å². The maximum Gasteiger partial charge on any atom is 0.164 e. The molecule has 0 bridgehead atoms. The van der Waals surface area contributed by atoms with Crippen molar-refractivity contribution in [1.29, 1.82) is 0 Å². The third kappa shape index (κ3) is 1.88. The Morgan fingerprint density at radius 2 is 2.12 bits per heavy atom. The second-order valence-corrected chi connectivity index (χ2v) is 4.53. The predicted molar refractivity (Wildman–Crippen MR) is 64.8 cm³/mol. The van der Waals surface area contributed by atoms with Gasteiger partial charge in [0.05, 0.1) is 0 Å². The number of rotatable bonds is 2. The van der Waals surface area contributed by atoms with Crippen LogP contribution in [-0.4, -0.2) is 19.9 Å². The Labute approximate surface area is 102 Å². The first-order chi connectivity index (χ1) is 7.63. The molecule has 0 saturated heterocycles. The summed E-state index contributed by atoms with van der Waals surface area (Å²) in [5, 5.41) is 17.1. The molecule has 16 heavy (non-hydrogen) atoms. The highest BCUT2D eigenvalue weighted by Gasteiger charge is 2.12. The van der Waals surface area contributed by atoms with Gasteiger partial charge in [-0.25, -0.2) is 0 Å². The van der Waals surface area contributed by atoms with E-state index in [9.17, 15) is 0 Å². The predicted octanol–water partition coefficient (Wildman–Crippen LogP) is 2.05. The standard InChI is InChI=1S/C11H12BrN3O/c1-7-3-4-8(12)5-9(7)11-14-13-10(6-16)15(11)2/h3-5,16H,6H2,1-2H3. The molecule has 0 unspecified atom stereocenters. The lowest BCUT2D eigenvalue weighted by atomic mass is 10.1. The first kappa shape index (κ1) is 11.3. The van der Waals surface area contributed by atoms with E-state index >= 15 is 0 Å².